The van der Waals surface area contributed by atoms with Crippen molar-refractivity contribution in [1.82, 2.24) is 5.73 Å². The van der Waals surface area contributed by atoms with Crippen LogP contribution in [0.2, 0.25) is 0 Å². The molecule has 0 aliphatic rings. The number of carboxylic acids is 1. The minimum Gasteiger partial charge on any atom is -0.478 e. The molecule has 0 saturated carbocycles. The summed E-state index contributed by atoms with van der Waals surface area (Å²) < 4.78 is 0. The zero-order valence-electron chi connectivity index (χ0n) is 6.09. The highest BCUT2D eigenvalue weighted by Crippen LogP contribution is 2.17. The first-order valence-electron chi connectivity index (χ1n) is 3.17. The fourth-order valence-electron chi connectivity index (χ4n) is 0.846. The molecule has 3 nitrogen and oxygen atoms in total. The van der Waals surface area contributed by atoms with E-state index in [0.29, 0.717) is 5.56 Å². The number of aryl methyl sites for hydroxylation is 1. The van der Waals surface area contributed by atoms with Gasteiger partial charge in [-0.25, -0.2) is 4.79 Å². The second-order valence-corrected chi connectivity index (χ2v) is 2.30. The van der Waals surface area contributed by atoms with Gasteiger partial charge in [-0.1, -0.05) is 12.1 Å². The first-order valence-corrected chi connectivity index (χ1v) is 3.17. The number of carboxylic acid groups (broad SMARTS) is 1. The van der Waals surface area contributed by atoms with Crippen LogP contribution >= 0.6 is 0 Å². The van der Waals surface area contributed by atoms with Crippen molar-refractivity contribution in [3.63, 3.8) is 0 Å². The van der Waals surface area contributed by atoms with E-state index < -0.39 is 5.97 Å². The van der Waals surface area contributed by atoms with Gasteiger partial charge in [-0.2, -0.15) is 0 Å². The molecule has 1 aromatic rings. The predicted molar refractivity (Wildman–Crippen MR) is 40.9 cm³/mol. The fraction of sp³-hybridized carbons (Fsp3) is 0.125. The van der Waals surface area contributed by atoms with Crippen LogP contribution in [0.15, 0.2) is 18.2 Å². The molecule has 0 amide bonds. The quantitative estimate of drug-likeness (QED) is 0.661. The topological polar surface area (TPSA) is 61.1 Å². The number of nitrogens with one attached hydrogen (secondary N) is 1. The van der Waals surface area contributed by atoms with Crippen LogP contribution in [0.4, 0.5) is 5.69 Å². The average molecular weight is 150 g/mol. The van der Waals surface area contributed by atoms with Crippen LogP contribution in [0, 0.1) is 6.92 Å². The summed E-state index contributed by atoms with van der Waals surface area (Å²) in [4.78, 5) is 10.5. The standard InChI is InChI=1S/C8H8NO2/c1-5-3-2-4-6(7(5)9)8(10)11/h2-4,9H,1H3,(H,10,11). The van der Waals surface area contributed by atoms with Gasteiger partial charge < -0.3 is 5.11 Å². The predicted octanol–water partition coefficient (Wildman–Crippen LogP) is 1.61. The smallest absolute Gasteiger partial charge is 0.337 e. The molecule has 0 aliphatic carbocycles. The summed E-state index contributed by atoms with van der Waals surface area (Å²) >= 11 is 0. The summed E-state index contributed by atoms with van der Waals surface area (Å²) in [7, 11) is 0. The van der Waals surface area contributed by atoms with Gasteiger partial charge in [0.2, 0.25) is 0 Å². The molecule has 57 valence electrons. The molecule has 1 aromatic carbocycles. The zero-order chi connectivity index (χ0) is 8.43. The van der Waals surface area contributed by atoms with Crippen LogP contribution in [-0.2, 0) is 0 Å². The summed E-state index contributed by atoms with van der Waals surface area (Å²) in [5.41, 5.74) is 8.19. The number of hydrogen-bond donors (Lipinski definition) is 1. The maximum Gasteiger partial charge on any atom is 0.337 e. The van der Waals surface area contributed by atoms with Gasteiger partial charge in [0, 0.05) is 0 Å². The molecule has 3 heteroatoms. The monoisotopic (exact) mass is 150 g/mol. The lowest BCUT2D eigenvalue weighted by molar-refractivity contribution is 0.0697. The third-order valence-corrected chi connectivity index (χ3v) is 1.50. The van der Waals surface area contributed by atoms with Crippen LogP contribution in [-0.4, -0.2) is 11.1 Å². The third-order valence-electron chi connectivity index (χ3n) is 1.50. The number of rotatable bonds is 1. The van der Waals surface area contributed by atoms with E-state index in [1.54, 1.807) is 19.1 Å². The lowest BCUT2D eigenvalue weighted by Crippen LogP contribution is -1.98. The molecule has 0 heterocycles. The lowest BCUT2D eigenvalue weighted by atomic mass is 10.1. The van der Waals surface area contributed by atoms with Crippen LogP contribution in [0.5, 0.6) is 0 Å². The Bertz CT molecular complexity index is 294. The van der Waals surface area contributed by atoms with Gasteiger partial charge in [-0.3, -0.25) is 5.73 Å². The number of hydrogen-bond acceptors (Lipinski definition) is 1. The van der Waals surface area contributed by atoms with Gasteiger partial charge in [0.15, 0.2) is 0 Å². The van der Waals surface area contributed by atoms with Gasteiger partial charge in [0.05, 0.1) is 11.3 Å². The maximum atomic E-state index is 10.5. The van der Waals surface area contributed by atoms with Crippen molar-refractivity contribution >= 4 is 11.7 Å². The van der Waals surface area contributed by atoms with Gasteiger partial charge in [0.1, 0.15) is 0 Å². The highest BCUT2D eigenvalue weighted by atomic mass is 16.4. The molecular weight excluding hydrogens is 142 g/mol. The Morgan fingerprint density at radius 1 is 1.55 bits per heavy atom. The van der Waals surface area contributed by atoms with Crippen molar-refractivity contribution in [2.45, 2.75) is 6.92 Å². The molecule has 1 rings (SSSR count). The maximum absolute atomic E-state index is 10.5. The molecular formula is C8H8NO2. The van der Waals surface area contributed by atoms with Gasteiger partial charge in [0.25, 0.3) is 0 Å². The average Bonchev–Trinajstić information content (AvgIpc) is 1.94. The Labute approximate surface area is 64.5 Å². The number of aromatic carboxylic acids is 1. The lowest BCUT2D eigenvalue weighted by Gasteiger charge is -2.00. The molecule has 1 radical (unpaired) electrons. The number of carbonyl (C=O) groups is 1. The Morgan fingerprint density at radius 3 is 2.64 bits per heavy atom. The SMILES string of the molecule is Cc1cccc(C(=O)O)c1[NH]. The summed E-state index contributed by atoms with van der Waals surface area (Å²) in [6.07, 6.45) is 0. The highest BCUT2D eigenvalue weighted by molar-refractivity contribution is 5.93. The van der Waals surface area contributed by atoms with Crippen LogP contribution in [0.1, 0.15) is 15.9 Å². The van der Waals surface area contributed by atoms with E-state index in [4.69, 9.17) is 10.8 Å². The first kappa shape index (κ1) is 7.60. The molecule has 0 aliphatic heterocycles. The Balaban J connectivity index is 3.27. The van der Waals surface area contributed by atoms with E-state index in [1.807, 2.05) is 0 Å². The molecule has 2 N–H and O–H groups in total. The molecule has 0 fully saturated rings. The van der Waals surface area contributed by atoms with Crippen LogP contribution < -0.4 is 5.73 Å². The summed E-state index contributed by atoms with van der Waals surface area (Å²) in [6, 6.07) is 4.78. The van der Waals surface area contributed by atoms with Gasteiger partial charge in [-0.05, 0) is 18.6 Å². The molecule has 0 bridgehead atoms. The van der Waals surface area contributed by atoms with Crippen LogP contribution in [0.3, 0.4) is 0 Å². The summed E-state index contributed by atoms with van der Waals surface area (Å²) in [5.74, 6) is -1.04. The van der Waals surface area contributed by atoms with Crippen molar-refractivity contribution in [3.8, 4) is 0 Å². The second-order valence-electron chi connectivity index (χ2n) is 2.30. The molecule has 0 spiro atoms. The first-order chi connectivity index (χ1) is 5.13. The minimum atomic E-state index is -1.04. The van der Waals surface area contributed by atoms with Crippen LogP contribution in [0.25, 0.3) is 0 Å². The normalized spacial score (nSPS) is 9.55. The van der Waals surface area contributed by atoms with E-state index in [1.165, 1.54) is 6.07 Å². The van der Waals surface area contributed by atoms with E-state index in [9.17, 15) is 4.79 Å². The minimum absolute atomic E-state index is 0.0602. The van der Waals surface area contributed by atoms with E-state index in [2.05, 4.69) is 0 Å². The van der Waals surface area contributed by atoms with E-state index >= 15 is 0 Å². The number of benzene rings is 1. The van der Waals surface area contributed by atoms with Crippen molar-refractivity contribution in [2.24, 2.45) is 0 Å². The Morgan fingerprint density at radius 2 is 2.18 bits per heavy atom. The van der Waals surface area contributed by atoms with Crippen molar-refractivity contribution in [1.29, 1.82) is 0 Å². The van der Waals surface area contributed by atoms with Crippen molar-refractivity contribution in [3.05, 3.63) is 29.3 Å². The molecule has 0 unspecified atom stereocenters. The molecule has 0 saturated heterocycles. The molecule has 0 aromatic heterocycles. The Kier molecular flexibility index (Phi) is 1.81. The largest absolute Gasteiger partial charge is 0.478 e. The molecule has 0 atom stereocenters. The van der Waals surface area contributed by atoms with Crippen molar-refractivity contribution in [2.75, 3.05) is 0 Å². The third kappa shape index (κ3) is 1.32. The van der Waals surface area contributed by atoms with E-state index in [-0.39, 0.29) is 11.3 Å². The zero-order valence-corrected chi connectivity index (χ0v) is 6.09. The molecule has 11 heavy (non-hydrogen) atoms. The Hall–Kier alpha value is -1.51. The fourth-order valence-corrected chi connectivity index (χ4v) is 0.846. The van der Waals surface area contributed by atoms with Gasteiger partial charge >= 0.3 is 5.97 Å². The van der Waals surface area contributed by atoms with Crippen molar-refractivity contribution < 1.29 is 9.90 Å². The highest BCUT2D eigenvalue weighted by Gasteiger charge is 2.08. The second kappa shape index (κ2) is 2.62. The van der Waals surface area contributed by atoms with E-state index in [0.717, 1.165) is 0 Å². The van der Waals surface area contributed by atoms with Gasteiger partial charge in [-0.15, -0.1) is 0 Å². The summed E-state index contributed by atoms with van der Waals surface area (Å²) in [6.45, 7) is 1.72. The summed E-state index contributed by atoms with van der Waals surface area (Å²) in [5, 5.41) is 8.57.